The summed E-state index contributed by atoms with van der Waals surface area (Å²) in [5.41, 5.74) is 1.92. The van der Waals surface area contributed by atoms with E-state index in [2.05, 4.69) is 49.4 Å². The van der Waals surface area contributed by atoms with Gasteiger partial charge in [-0.15, -0.1) is 11.3 Å². The number of aromatic nitrogens is 3. The molecule has 2 N–H and O–H groups in total. The number of benzene rings is 1. The van der Waals surface area contributed by atoms with E-state index in [1.54, 1.807) is 11.3 Å². The molecule has 4 rings (SSSR count). The minimum atomic E-state index is -0.0713. The van der Waals surface area contributed by atoms with Gasteiger partial charge in [-0.25, -0.2) is 9.97 Å². The van der Waals surface area contributed by atoms with Crippen molar-refractivity contribution in [1.29, 1.82) is 0 Å². The second-order valence-corrected chi connectivity index (χ2v) is 7.36. The lowest BCUT2D eigenvalue weighted by molar-refractivity contribution is 0.0942. The molecule has 0 fully saturated rings. The van der Waals surface area contributed by atoms with Gasteiger partial charge in [-0.3, -0.25) is 4.79 Å². The van der Waals surface area contributed by atoms with Crippen molar-refractivity contribution < 1.29 is 4.79 Å². The summed E-state index contributed by atoms with van der Waals surface area (Å²) >= 11 is 1.56. The van der Waals surface area contributed by atoms with Crippen molar-refractivity contribution in [2.24, 2.45) is 0 Å². The average molecular weight is 367 g/mol. The van der Waals surface area contributed by atoms with Crippen LogP contribution in [0.3, 0.4) is 0 Å². The first-order chi connectivity index (χ1) is 12.8. The highest BCUT2D eigenvalue weighted by molar-refractivity contribution is 7.15. The Bertz CT molecular complexity index is 886. The SMILES string of the molecule is O=C1NCCc2sc(NCc3nccn3CCCc3ccccc3)nc21. The number of thiazole rings is 1. The van der Waals surface area contributed by atoms with Crippen molar-refractivity contribution in [3.63, 3.8) is 0 Å². The molecule has 7 heteroatoms. The number of carbonyl (C=O) groups excluding carboxylic acids is 1. The Morgan fingerprint density at radius 2 is 2.15 bits per heavy atom. The van der Waals surface area contributed by atoms with E-state index in [0.717, 1.165) is 41.6 Å². The first-order valence-electron chi connectivity index (χ1n) is 8.85. The van der Waals surface area contributed by atoms with Crippen molar-refractivity contribution >= 4 is 22.4 Å². The summed E-state index contributed by atoms with van der Waals surface area (Å²) in [6.07, 6.45) is 6.83. The summed E-state index contributed by atoms with van der Waals surface area (Å²) in [7, 11) is 0. The predicted octanol–water partition coefficient (Wildman–Crippen LogP) is 2.87. The van der Waals surface area contributed by atoms with Crippen LogP contribution in [-0.4, -0.2) is 27.0 Å². The zero-order valence-electron chi connectivity index (χ0n) is 14.4. The van der Waals surface area contributed by atoms with Gasteiger partial charge in [-0.1, -0.05) is 30.3 Å². The average Bonchev–Trinajstić information content (AvgIpc) is 3.28. The van der Waals surface area contributed by atoms with Crippen molar-refractivity contribution in [2.75, 3.05) is 11.9 Å². The summed E-state index contributed by atoms with van der Waals surface area (Å²) in [5.74, 6) is 0.911. The molecular weight excluding hydrogens is 346 g/mol. The fourth-order valence-corrected chi connectivity index (χ4v) is 4.06. The van der Waals surface area contributed by atoms with E-state index in [-0.39, 0.29) is 5.91 Å². The highest BCUT2D eigenvalue weighted by Gasteiger charge is 2.21. The van der Waals surface area contributed by atoms with Crippen molar-refractivity contribution in [3.8, 4) is 0 Å². The van der Waals surface area contributed by atoms with E-state index >= 15 is 0 Å². The van der Waals surface area contributed by atoms with Gasteiger partial charge >= 0.3 is 0 Å². The number of hydrogen-bond donors (Lipinski definition) is 2. The summed E-state index contributed by atoms with van der Waals surface area (Å²) < 4.78 is 2.18. The molecule has 1 aromatic carbocycles. The van der Waals surface area contributed by atoms with Crippen molar-refractivity contribution in [1.82, 2.24) is 19.9 Å². The maximum absolute atomic E-state index is 11.8. The van der Waals surface area contributed by atoms with E-state index in [1.807, 2.05) is 18.5 Å². The summed E-state index contributed by atoms with van der Waals surface area (Å²) in [4.78, 5) is 21.7. The molecule has 1 amide bonds. The van der Waals surface area contributed by atoms with Crippen LogP contribution in [0.4, 0.5) is 5.13 Å². The van der Waals surface area contributed by atoms with Gasteiger partial charge in [0.2, 0.25) is 0 Å². The second kappa shape index (κ2) is 7.70. The summed E-state index contributed by atoms with van der Waals surface area (Å²) in [5, 5.41) is 6.93. The standard InChI is InChI=1S/C19H21N5OS/c25-18-17-15(8-9-21-18)26-19(23-17)22-13-16-20-10-12-24(16)11-4-7-14-5-2-1-3-6-14/h1-3,5-6,10,12H,4,7-9,11,13H2,(H,21,25)(H,22,23). The molecule has 0 atom stereocenters. The largest absolute Gasteiger partial charge is 0.354 e. The lowest BCUT2D eigenvalue weighted by Crippen LogP contribution is -2.31. The van der Waals surface area contributed by atoms with Crippen LogP contribution in [0.1, 0.15) is 33.2 Å². The Balaban J connectivity index is 1.33. The van der Waals surface area contributed by atoms with Crippen LogP contribution in [0.25, 0.3) is 0 Å². The Kier molecular flexibility index (Phi) is 4.97. The Morgan fingerprint density at radius 3 is 3.00 bits per heavy atom. The first kappa shape index (κ1) is 16.8. The van der Waals surface area contributed by atoms with Crippen LogP contribution < -0.4 is 10.6 Å². The molecule has 0 radical (unpaired) electrons. The molecule has 134 valence electrons. The topological polar surface area (TPSA) is 71.8 Å². The van der Waals surface area contributed by atoms with Crippen molar-refractivity contribution in [2.45, 2.75) is 32.4 Å². The fraction of sp³-hybridized carbons (Fsp3) is 0.316. The quantitative estimate of drug-likeness (QED) is 0.674. The number of nitrogens with zero attached hydrogens (tertiary/aromatic N) is 3. The Hall–Kier alpha value is -2.67. The number of amides is 1. The molecule has 0 unspecified atom stereocenters. The number of aryl methyl sites for hydroxylation is 2. The number of imidazole rings is 1. The van der Waals surface area contributed by atoms with Crippen LogP contribution in [0.2, 0.25) is 0 Å². The van der Waals surface area contributed by atoms with E-state index in [0.29, 0.717) is 18.8 Å². The molecule has 3 aromatic rings. The molecule has 26 heavy (non-hydrogen) atoms. The van der Waals surface area contributed by atoms with Crippen LogP contribution in [0.15, 0.2) is 42.7 Å². The lowest BCUT2D eigenvalue weighted by Gasteiger charge is -2.09. The third kappa shape index (κ3) is 3.77. The van der Waals surface area contributed by atoms with Crippen molar-refractivity contribution in [3.05, 3.63) is 64.7 Å². The second-order valence-electron chi connectivity index (χ2n) is 6.28. The maximum atomic E-state index is 11.8. The van der Waals surface area contributed by atoms with Crippen LogP contribution in [0.5, 0.6) is 0 Å². The minimum Gasteiger partial charge on any atom is -0.354 e. The number of rotatable bonds is 7. The number of anilines is 1. The van der Waals surface area contributed by atoms with E-state index < -0.39 is 0 Å². The van der Waals surface area contributed by atoms with E-state index in [9.17, 15) is 4.79 Å². The third-order valence-electron chi connectivity index (χ3n) is 4.46. The zero-order valence-corrected chi connectivity index (χ0v) is 15.3. The van der Waals surface area contributed by atoms with Gasteiger partial charge < -0.3 is 15.2 Å². The number of nitrogens with one attached hydrogen (secondary N) is 2. The van der Waals surface area contributed by atoms with Gasteiger partial charge in [0.1, 0.15) is 11.5 Å². The molecule has 1 aliphatic rings. The molecule has 0 spiro atoms. The normalized spacial score (nSPS) is 13.3. The van der Waals surface area contributed by atoms with Gasteiger partial charge in [0.25, 0.3) is 5.91 Å². The van der Waals surface area contributed by atoms with Gasteiger partial charge in [0, 0.05) is 36.8 Å². The summed E-state index contributed by atoms with van der Waals surface area (Å²) in [6, 6.07) is 10.5. The van der Waals surface area contributed by atoms with Gasteiger partial charge in [-0.05, 0) is 18.4 Å². The monoisotopic (exact) mass is 367 g/mol. The van der Waals surface area contributed by atoms with Crippen LogP contribution >= 0.6 is 11.3 Å². The van der Waals surface area contributed by atoms with Gasteiger partial charge in [0.05, 0.1) is 6.54 Å². The number of hydrogen-bond acceptors (Lipinski definition) is 5. The predicted molar refractivity (Wildman–Crippen MR) is 102 cm³/mol. The fourth-order valence-electron chi connectivity index (χ4n) is 3.11. The Morgan fingerprint density at radius 1 is 1.27 bits per heavy atom. The third-order valence-corrected chi connectivity index (χ3v) is 5.53. The summed E-state index contributed by atoms with van der Waals surface area (Å²) in [6.45, 7) is 2.23. The minimum absolute atomic E-state index is 0.0713. The smallest absolute Gasteiger partial charge is 0.271 e. The van der Waals surface area contributed by atoms with E-state index in [1.165, 1.54) is 5.56 Å². The lowest BCUT2D eigenvalue weighted by atomic mass is 10.1. The first-order valence-corrected chi connectivity index (χ1v) is 9.67. The van der Waals surface area contributed by atoms with E-state index in [4.69, 9.17) is 0 Å². The maximum Gasteiger partial charge on any atom is 0.271 e. The molecule has 6 nitrogen and oxygen atoms in total. The van der Waals surface area contributed by atoms with Crippen LogP contribution in [-0.2, 0) is 25.9 Å². The molecule has 3 heterocycles. The van der Waals surface area contributed by atoms with Gasteiger partial charge in [-0.2, -0.15) is 0 Å². The molecule has 0 saturated carbocycles. The molecule has 0 saturated heterocycles. The molecule has 0 bridgehead atoms. The highest BCUT2D eigenvalue weighted by atomic mass is 32.1. The molecular formula is C19H21N5OS. The molecule has 1 aliphatic heterocycles. The Labute approximate surface area is 156 Å². The van der Waals surface area contributed by atoms with Gasteiger partial charge in [0.15, 0.2) is 5.13 Å². The number of carbonyl (C=O) groups is 1. The number of fused-ring (bicyclic) bond motifs is 1. The molecule has 0 aliphatic carbocycles. The van der Waals surface area contributed by atoms with Crippen LogP contribution in [0, 0.1) is 0 Å². The zero-order chi connectivity index (χ0) is 17.8. The highest BCUT2D eigenvalue weighted by Crippen LogP contribution is 2.25. The molecule has 2 aromatic heterocycles.